The van der Waals surface area contributed by atoms with Gasteiger partial charge in [-0.05, 0) is 39.3 Å². The minimum absolute atomic E-state index is 0.00414. The number of carbonyl (C=O) groups excluding carboxylic acids is 1. The summed E-state index contributed by atoms with van der Waals surface area (Å²) in [5, 5.41) is 6.44. The Balaban J connectivity index is 1.51. The number of fused-ring (bicyclic) bond motifs is 2. The van der Waals surface area contributed by atoms with Crippen molar-refractivity contribution in [3.8, 4) is 0 Å². The monoisotopic (exact) mass is 361 g/mol. The van der Waals surface area contributed by atoms with E-state index in [9.17, 15) is 4.79 Å². The highest BCUT2D eigenvalue weighted by molar-refractivity contribution is 6.06. The van der Waals surface area contributed by atoms with Crippen molar-refractivity contribution >= 4 is 33.5 Å². The highest BCUT2D eigenvalue weighted by Crippen LogP contribution is 2.29. The first-order chi connectivity index (χ1) is 13.2. The predicted molar refractivity (Wildman–Crippen MR) is 109 cm³/mol. The maximum Gasteiger partial charge on any atom is 0.260 e. The van der Waals surface area contributed by atoms with Gasteiger partial charge in [0.15, 0.2) is 6.61 Å². The largest absolute Gasteiger partial charge is 0.491 e. The lowest BCUT2D eigenvalue weighted by atomic mass is 9.97. The summed E-state index contributed by atoms with van der Waals surface area (Å²) in [6.45, 7) is 2.74. The second-order valence-corrected chi connectivity index (χ2v) is 6.76. The number of hydrogen-bond donors (Lipinski definition) is 1. The number of nitrogens with two attached hydrogens (primary N) is 1. The molecule has 1 fully saturated rings. The maximum absolute atomic E-state index is 12.2. The normalized spacial score (nSPS) is 15.7. The van der Waals surface area contributed by atoms with Gasteiger partial charge >= 0.3 is 0 Å². The van der Waals surface area contributed by atoms with E-state index < -0.39 is 0 Å². The Kier molecular flexibility index (Phi) is 5.05. The van der Waals surface area contributed by atoms with Crippen molar-refractivity contribution in [2.75, 3.05) is 32.8 Å². The van der Waals surface area contributed by atoms with Gasteiger partial charge in [0.2, 0.25) is 0 Å². The van der Waals surface area contributed by atoms with Crippen LogP contribution in [0.4, 0.5) is 0 Å². The highest BCUT2D eigenvalue weighted by atomic mass is 16.5. The molecule has 3 aromatic carbocycles. The van der Waals surface area contributed by atoms with E-state index in [1.165, 1.54) is 21.5 Å². The zero-order chi connectivity index (χ0) is 18.6. The molecule has 27 heavy (non-hydrogen) atoms. The smallest absolute Gasteiger partial charge is 0.260 e. The van der Waals surface area contributed by atoms with Crippen molar-refractivity contribution in [2.24, 2.45) is 5.84 Å². The van der Waals surface area contributed by atoms with Gasteiger partial charge in [0.1, 0.15) is 0 Å². The van der Waals surface area contributed by atoms with E-state index in [-0.39, 0.29) is 12.5 Å². The first-order valence-electron chi connectivity index (χ1n) is 9.18. The Hall–Kier alpha value is -2.89. The Labute approximate surface area is 158 Å². The van der Waals surface area contributed by atoms with Crippen molar-refractivity contribution in [1.29, 1.82) is 0 Å². The first-order valence-corrected chi connectivity index (χ1v) is 9.18. The number of hydrogen-bond acceptors (Lipinski definition) is 4. The van der Waals surface area contributed by atoms with Crippen molar-refractivity contribution in [3.63, 3.8) is 0 Å². The molecule has 1 aliphatic heterocycles. The van der Waals surface area contributed by atoms with Crippen LogP contribution < -0.4 is 5.84 Å². The third kappa shape index (κ3) is 3.79. The molecule has 0 aliphatic carbocycles. The molecule has 5 heteroatoms. The number of nitrogens with zero attached hydrogens (tertiary/aromatic N) is 2. The molecular formula is C22H23N3O2. The Bertz CT molecular complexity index is 937. The fraction of sp³-hybridized carbons (Fsp3) is 0.227. The molecule has 3 aromatic rings. The van der Waals surface area contributed by atoms with Crippen LogP contribution in [0.1, 0.15) is 5.56 Å². The van der Waals surface area contributed by atoms with E-state index in [0.717, 1.165) is 5.56 Å². The molecule has 1 heterocycles. The highest BCUT2D eigenvalue weighted by Gasteiger charge is 2.19. The van der Waals surface area contributed by atoms with E-state index in [1.54, 1.807) is 16.2 Å². The fourth-order valence-corrected chi connectivity index (χ4v) is 3.53. The number of rotatable bonds is 4. The van der Waals surface area contributed by atoms with Crippen LogP contribution in [0.2, 0.25) is 0 Å². The molecule has 0 bridgehead atoms. The van der Waals surface area contributed by atoms with Gasteiger partial charge in [-0.1, -0.05) is 48.5 Å². The predicted octanol–water partition coefficient (Wildman–Crippen LogP) is 3.00. The van der Waals surface area contributed by atoms with Gasteiger partial charge in [-0.2, -0.15) is 0 Å². The molecule has 0 radical (unpaired) electrons. The van der Waals surface area contributed by atoms with Crippen molar-refractivity contribution in [2.45, 2.75) is 0 Å². The molecular weight excluding hydrogens is 338 g/mol. The minimum Gasteiger partial charge on any atom is -0.491 e. The molecule has 4 rings (SSSR count). The molecule has 138 valence electrons. The Morgan fingerprint density at radius 3 is 2.19 bits per heavy atom. The third-order valence-electron chi connectivity index (χ3n) is 5.02. The SMILES string of the molecule is NN1CCN(C(=O)CO/C=C/c2c3ccccc3cc3ccccc23)CC1. The summed E-state index contributed by atoms with van der Waals surface area (Å²) < 4.78 is 5.56. The quantitative estimate of drug-likeness (QED) is 0.441. The fourth-order valence-electron chi connectivity index (χ4n) is 3.53. The minimum atomic E-state index is -0.00414. The Morgan fingerprint density at radius 2 is 1.56 bits per heavy atom. The zero-order valence-electron chi connectivity index (χ0n) is 15.2. The van der Waals surface area contributed by atoms with E-state index >= 15 is 0 Å². The van der Waals surface area contributed by atoms with Crippen molar-refractivity contribution in [3.05, 3.63) is 66.4 Å². The maximum atomic E-state index is 12.2. The molecule has 1 saturated heterocycles. The lowest BCUT2D eigenvalue weighted by molar-refractivity contribution is -0.136. The van der Waals surface area contributed by atoms with Crippen LogP contribution in [0.25, 0.3) is 27.6 Å². The van der Waals surface area contributed by atoms with Gasteiger partial charge in [0, 0.05) is 26.2 Å². The lowest BCUT2D eigenvalue weighted by Crippen LogP contribution is -2.51. The summed E-state index contributed by atoms with van der Waals surface area (Å²) >= 11 is 0. The molecule has 0 saturated carbocycles. The van der Waals surface area contributed by atoms with Gasteiger partial charge in [0.25, 0.3) is 5.91 Å². The number of benzene rings is 3. The van der Waals surface area contributed by atoms with Crippen LogP contribution >= 0.6 is 0 Å². The van der Waals surface area contributed by atoms with Gasteiger partial charge in [0.05, 0.1) is 6.26 Å². The summed E-state index contributed by atoms with van der Waals surface area (Å²) in [7, 11) is 0. The molecule has 0 unspecified atom stereocenters. The molecule has 1 aliphatic rings. The van der Waals surface area contributed by atoms with Gasteiger partial charge in [-0.3, -0.25) is 10.6 Å². The summed E-state index contributed by atoms with van der Waals surface area (Å²) in [6, 6.07) is 18.8. The van der Waals surface area contributed by atoms with Crippen LogP contribution in [-0.4, -0.2) is 48.6 Å². The van der Waals surface area contributed by atoms with E-state index in [4.69, 9.17) is 10.6 Å². The number of piperazine rings is 1. The second kappa shape index (κ2) is 7.78. The van der Waals surface area contributed by atoms with E-state index in [1.807, 2.05) is 30.3 Å². The summed E-state index contributed by atoms with van der Waals surface area (Å²) in [6.07, 6.45) is 3.58. The Morgan fingerprint density at radius 1 is 0.963 bits per heavy atom. The molecule has 0 spiro atoms. The standard InChI is InChI=1S/C22H23N3O2/c23-25-12-10-24(11-13-25)22(26)16-27-14-9-21-19-7-3-1-5-17(19)15-18-6-2-4-8-20(18)21/h1-9,14-15H,10-13,16,23H2/b14-9+. The number of carbonyl (C=O) groups is 1. The molecule has 0 atom stereocenters. The summed E-state index contributed by atoms with van der Waals surface area (Å²) in [5.74, 6) is 5.72. The van der Waals surface area contributed by atoms with Crippen LogP contribution in [0.5, 0.6) is 0 Å². The van der Waals surface area contributed by atoms with Crippen LogP contribution in [0, 0.1) is 0 Å². The van der Waals surface area contributed by atoms with E-state index in [2.05, 4.69) is 30.3 Å². The molecule has 0 aromatic heterocycles. The van der Waals surface area contributed by atoms with Gasteiger partial charge in [-0.15, -0.1) is 0 Å². The van der Waals surface area contributed by atoms with Crippen LogP contribution in [-0.2, 0) is 9.53 Å². The van der Waals surface area contributed by atoms with Crippen LogP contribution in [0.3, 0.4) is 0 Å². The summed E-state index contributed by atoms with van der Waals surface area (Å²) in [5.41, 5.74) is 1.10. The van der Waals surface area contributed by atoms with Gasteiger partial charge < -0.3 is 9.64 Å². The third-order valence-corrected chi connectivity index (χ3v) is 5.02. The average Bonchev–Trinajstić information content (AvgIpc) is 2.70. The second-order valence-electron chi connectivity index (χ2n) is 6.76. The number of amides is 1. The summed E-state index contributed by atoms with van der Waals surface area (Å²) in [4.78, 5) is 14.0. The number of hydrazine groups is 1. The lowest BCUT2D eigenvalue weighted by Gasteiger charge is -2.31. The molecule has 2 N–H and O–H groups in total. The number of ether oxygens (including phenoxy) is 1. The first kappa shape index (κ1) is 17.5. The molecule has 1 amide bonds. The van der Waals surface area contributed by atoms with Crippen LogP contribution in [0.15, 0.2) is 60.9 Å². The average molecular weight is 361 g/mol. The molecule has 5 nitrogen and oxygen atoms in total. The van der Waals surface area contributed by atoms with Crippen molar-refractivity contribution < 1.29 is 9.53 Å². The topological polar surface area (TPSA) is 58.8 Å². The van der Waals surface area contributed by atoms with Crippen molar-refractivity contribution in [1.82, 2.24) is 9.91 Å². The van der Waals surface area contributed by atoms with E-state index in [0.29, 0.717) is 26.2 Å². The zero-order valence-corrected chi connectivity index (χ0v) is 15.2. The van der Waals surface area contributed by atoms with Gasteiger partial charge in [-0.25, -0.2) is 5.01 Å².